The van der Waals surface area contributed by atoms with Gasteiger partial charge in [-0.15, -0.1) is 12.4 Å². The van der Waals surface area contributed by atoms with Gasteiger partial charge >= 0.3 is 0 Å². The van der Waals surface area contributed by atoms with E-state index in [0.717, 1.165) is 44.3 Å². The molecule has 104 valence electrons. The molecule has 1 amide bonds. The molecule has 0 bridgehead atoms. The first-order chi connectivity index (χ1) is 8.00. The van der Waals surface area contributed by atoms with Gasteiger partial charge in [-0.3, -0.25) is 4.79 Å². The molecule has 2 heterocycles. The molecule has 2 aliphatic heterocycles. The summed E-state index contributed by atoms with van der Waals surface area (Å²) in [5.74, 6) is 2.28. The van der Waals surface area contributed by atoms with Crippen molar-refractivity contribution in [2.45, 2.75) is 39.7 Å². The van der Waals surface area contributed by atoms with Crippen LogP contribution in [0.3, 0.4) is 0 Å². The minimum Gasteiger partial charge on any atom is -0.342 e. The quantitative estimate of drug-likeness (QED) is 0.791. The Balaban J connectivity index is 0.00000120. The number of rotatable bonds is 1. The Kier molecular flexibility index (Phi) is 3.67. The van der Waals surface area contributed by atoms with Crippen LogP contribution < -0.4 is 5.32 Å². The van der Waals surface area contributed by atoms with E-state index in [-0.39, 0.29) is 18.3 Å². The summed E-state index contributed by atoms with van der Waals surface area (Å²) in [4.78, 5) is 14.6. The first-order valence-corrected chi connectivity index (χ1v) is 7.02. The third-order valence-corrected chi connectivity index (χ3v) is 5.41. The van der Waals surface area contributed by atoms with Gasteiger partial charge in [0.15, 0.2) is 0 Å². The molecular weight excluding hydrogens is 248 g/mol. The van der Waals surface area contributed by atoms with Crippen LogP contribution >= 0.6 is 12.4 Å². The number of piperidine rings is 2. The maximum absolute atomic E-state index is 12.4. The van der Waals surface area contributed by atoms with Crippen LogP contribution in [-0.2, 0) is 4.79 Å². The number of hydrogen-bond donors (Lipinski definition) is 1. The van der Waals surface area contributed by atoms with Crippen LogP contribution in [0, 0.1) is 23.2 Å². The van der Waals surface area contributed by atoms with Crippen LogP contribution in [0.1, 0.15) is 33.6 Å². The predicted octanol–water partition coefficient (Wildman–Crippen LogP) is 1.91. The van der Waals surface area contributed by atoms with Gasteiger partial charge in [0, 0.05) is 25.0 Å². The van der Waals surface area contributed by atoms with Gasteiger partial charge in [-0.1, -0.05) is 13.8 Å². The van der Waals surface area contributed by atoms with E-state index in [0.29, 0.717) is 17.4 Å². The number of carbonyl (C=O) groups excluding carboxylic acids is 1. The fourth-order valence-electron chi connectivity index (χ4n) is 3.93. The van der Waals surface area contributed by atoms with Gasteiger partial charge < -0.3 is 10.2 Å². The largest absolute Gasteiger partial charge is 0.342 e. The summed E-state index contributed by atoms with van der Waals surface area (Å²) >= 11 is 0. The lowest BCUT2D eigenvalue weighted by atomic mass is 9.91. The number of hydrogen-bond acceptors (Lipinski definition) is 2. The lowest BCUT2D eigenvalue weighted by Crippen LogP contribution is -2.44. The van der Waals surface area contributed by atoms with Gasteiger partial charge in [-0.2, -0.15) is 0 Å². The van der Waals surface area contributed by atoms with Gasteiger partial charge in [0.25, 0.3) is 0 Å². The Hall–Kier alpha value is -0.280. The third kappa shape index (κ3) is 2.16. The molecule has 2 unspecified atom stereocenters. The molecule has 1 aliphatic carbocycles. The standard InChI is InChI=1S/C14H24N2O.ClH/c1-9-6-10(4-5-15-9)13(17)16-7-11-12(8-16)14(11,2)3;/h9-12,15H,4-8H2,1-3H3;1H/t9-,10-,11?,12?;/m0./s1. The van der Waals surface area contributed by atoms with Gasteiger partial charge in [-0.05, 0) is 43.6 Å². The highest BCUT2D eigenvalue weighted by Gasteiger charge is 2.62. The zero-order chi connectivity index (χ0) is 12.2. The number of halogens is 1. The number of amides is 1. The third-order valence-electron chi connectivity index (χ3n) is 5.41. The number of likely N-dealkylation sites (tertiary alicyclic amines) is 1. The van der Waals surface area contributed by atoms with Crippen molar-refractivity contribution >= 4 is 18.3 Å². The Bertz CT molecular complexity index is 331. The predicted molar refractivity (Wildman–Crippen MR) is 74.8 cm³/mol. The van der Waals surface area contributed by atoms with Crippen molar-refractivity contribution in [3.8, 4) is 0 Å². The molecule has 3 rings (SSSR count). The van der Waals surface area contributed by atoms with E-state index < -0.39 is 0 Å². The van der Waals surface area contributed by atoms with Crippen molar-refractivity contribution in [2.75, 3.05) is 19.6 Å². The molecular formula is C14H25ClN2O. The van der Waals surface area contributed by atoms with Gasteiger partial charge in [0.1, 0.15) is 0 Å². The van der Waals surface area contributed by atoms with Gasteiger partial charge in [0.2, 0.25) is 5.91 Å². The summed E-state index contributed by atoms with van der Waals surface area (Å²) in [7, 11) is 0. The molecule has 0 aromatic carbocycles. The molecule has 1 saturated carbocycles. The zero-order valence-corrected chi connectivity index (χ0v) is 12.4. The number of fused-ring (bicyclic) bond motifs is 1. The second-order valence-corrected chi connectivity index (χ2v) is 6.85. The minimum atomic E-state index is 0. The summed E-state index contributed by atoms with van der Waals surface area (Å²) in [6.07, 6.45) is 2.05. The molecule has 0 radical (unpaired) electrons. The molecule has 3 nitrogen and oxygen atoms in total. The number of carbonyl (C=O) groups is 1. The highest BCUT2D eigenvalue weighted by Crippen LogP contribution is 2.62. The normalized spacial score (nSPS) is 40.9. The Labute approximate surface area is 116 Å². The van der Waals surface area contributed by atoms with E-state index in [1.54, 1.807) is 0 Å². The Morgan fingerprint density at radius 2 is 1.89 bits per heavy atom. The van der Waals surface area contributed by atoms with Crippen molar-refractivity contribution < 1.29 is 4.79 Å². The van der Waals surface area contributed by atoms with Gasteiger partial charge in [0.05, 0.1) is 0 Å². The fourth-order valence-corrected chi connectivity index (χ4v) is 3.93. The average Bonchev–Trinajstić information content (AvgIpc) is 2.70. The lowest BCUT2D eigenvalue weighted by Gasteiger charge is -2.31. The smallest absolute Gasteiger partial charge is 0.225 e. The highest BCUT2D eigenvalue weighted by molar-refractivity contribution is 5.85. The molecule has 0 aromatic rings. The van der Waals surface area contributed by atoms with Crippen molar-refractivity contribution in [3.05, 3.63) is 0 Å². The monoisotopic (exact) mass is 272 g/mol. The highest BCUT2D eigenvalue weighted by atomic mass is 35.5. The number of nitrogens with one attached hydrogen (secondary N) is 1. The van der Waals surface area contributed by atoms with Crippen molar-refractivity contribution in [2.24, 2.45) is 23.2 Å². The molecule has 2 saturated heterocycles. The molecule has 4 heteroatoms. The van der Waals surface area contributed by atoms with Crippen LogP contribution in [0.4, 0.5) is 0 Å². The van der Waals surface area contributed by atoms with Crippen LogP contribution in [0.5, 0.6) is 0 Å². The summed E-state index contributed by atoms with van der Waals surface area (Å²) in [6, 6.07) is 0.506. The SMILES string of the molecule is C[C@H]1C[C@@H](C(=O)N2CC3C(C2)C3(C)C)CCN1.Cl. The molecule has 3 fully saturated rings. The summed E-state index contributed by atoms with van der Waals surface area (Å²) < 4.78 is 0. The number of nitrogens with zero attached hydrogens (tertiary/aromatic N) is 1. The van der Waals surface area contributed by atoms with E-state index in [4.69, 9.17) is 0 Å². The second-order valence-electron chi connectivity index (χ2n) is 6.85. The van der Waals surface area contributed by atoms with E-state index in [2.05, 4.69) is 31.0 Å². The summed E-state index contributed by atoms with van der Waals surface area (Å²) in [5.41, 5.74) is 0.512. The van der Waals surface area contributed by atoms with Crippen LogP contribution in [0.25, 0.3) is 0 Å². The van der Waals surface area contributed by atoms with E-state index >= 15 is 0 Å². The maximum atomic E-state index is 12.4. The lowest BCUT2D eigenvalue weighted by molar-refractivity contribution is -0.136. The molecule has 0 spiro atoms. The molecule has 0 aromatic heterocycles. The topological polar surface area (TPSA) is 32.3 Å². The summed E-state index contributed by atoms with van der Waals surface area (Å²) in [5, 5.41) is 3.42. The first-order valence-electron chi connectivity index (χ1n) is 7.02. The van der Waals surface area contributed by atoms with Crippen molar-refractivity contribution in [1.82, 2.24) is 10.2 Å². The van der Waals surface area contributed by atoms with E-state index in [1.165, 1.54) is 0 Å². The van der Waals surface area contributed by atoms with Crippen molar-refractivity contribution in [1.29, 1.82) is 0 Å². The molecule has 4 atom stereocenters. The van der Waals surface area contributed by atoms with E-state index in [1.807, 2.05) is 0 Å². The van der Waals surface area contributed by atoms with Crippen molar-refractivity contribution in [3.63, 3.8) is 0 Å². The fraction of sp³-hybridized carbons (Fsp3) is 0.929. The van der Waals surface area contributed by atoms with Crippen LogP contribution in [-0.4, -0.2) is 36.5 Å². The average molecular weight is 273 g/mol. The first kappa shape index (κ1) is 14.1. The second kappa shape index (κ2) is 4.68. The Morgan fingerprint density at radius 1 is 1.28 bits per heavy atom. The van der Waals surface area contributed by atoms with Crippen LogP contribution in [0.2, 0.25) is 0 Å². The molecule has 18 heavy (non-hydrogen) atoms. The van der Waals surface area contributed by atoms with E-state index in [9.17, 15) is 4.79 Å². The van der Waals surface area contributed by atoms with Crippen LogP contribution in [0.15, 0.2) is 0 Å². The van der Waals surface area contributed by atoms with Gasteiger partial charge in [-0.25, -0.2) is 0 Å². The minimum absolute atomic E-state index is 0. The molecule has 1 N–H and O–H groups in total. The Morgan fingerprint density at radius 3 is 2.44 bits per heavy atom. The summed E-state index contributed by atoms with van der Waals surface area (Å²) in [6.45, 7) is 9.92. The maximum Gasteiger partial charge on any atom is 0.225 e. The molecule has 3 aliphatic rings. The zero-order valence-electron chi connectivity index (χ0n) is 11.6.